The second-order valence-corrected chi connectivity index (χ2v) is 6.51. The van der Waals surface area contributed by atoms with Gasteiger partial charge in [0.25, 0.3) is 0 Å². The number of hydrogen-bond donors (Lipinski definition) is 0. The molecule has 3 rings (SSSR count). The Balaban J connectivity index is 2.21. The number of imide groups is 1. The summed E-state index contributed by atoms with van der Waals surface area (Å²) in [6.45, 7) is 3.59. The Morgan fingerprint density at radius 1 is 1.30 bits per heavy atom. The lowest BCUT2D eigenvalue weighted by molar-refractivity contribution is -0.124. The molecule has 0 saturated carbocycles. The fourth-order valence-electron chi connectivity index (χ4n) is 2.49. The molecular formula is C15H13BrN2O2. The molecule has 1 saturated heterocycles. The Morgan fingerprint density at radius 2 is 2.05 bits per heavy atom. The van der Waals surface area contributed by atoms with Crippen LogP contribution in [0, 0.1) is 5.41 Å². The van der Waals surface area contributed by atoms with Crippen molar-refractivity contribution in [2.75, 3.05) is 4.90 Å². The number of halogens is 1. The lowest BCUT2D eigenvalue weighted by atomic mass is 9.92. The van der Waals surface area contributed by atoms with E-state index in [1.807, 2.05) is 18.2 Å². The molecule has 1 aromatic heterocycles. The van der Waals surface area contributed by atoms with E-state index < -0.39 is 5.41 Å². The SMILES string of the molecule is CC1(C)CC(=O)N(c2cccc3cc(Br)cnc23)C1=O. The summed E-state index contributed by atoms with van der Waals surface area (Å²) in [5.41, 5.74) is 0.583. The molecule has 1 aliphatic rings. The number of carbonyl (C=O) groups is 2. The van der Waals surface area contributed by atoms with Gasteiger partial charge in [0.15, 0.2) is 0 Å². The maximum absolute atomic E-state index is 12.4. The molecule has 0 atom stereocenters. The Bertz CT molecular complexity index is 740. The molecule has 1 fully saturated rings. The van der Waals surface area contributed by atoms with Crippen LogP contribution < -0.4 is 4.90 Å². The van der Waals surface area contributed by atoms with Gasteiger partial charge in [0.05, 0.1) is 16.6 Å². The van der Waals surface area contributed by atoms with E-state index in [0.29, 0.717) is 11.2 Å². The van der Waals surface area contributed by atoms with Crippen LogP contribution in [0.15, 0.2) is 34.9 Å². The first-order valence-corrected chi connectivity index (χ1v) is 7.11. The minimum atomic E-state index is -0.644. The van der Waals surface area contributed by atoms with E-state index in [2.05, 4.69) is 20.9 Å². The van der Waals surface area contributed by atoms with Crippen LogP contribution in [0.25, 0.3) is 10.9 Å². The number of amides is 2. The summed E-state index contributed by atoms with van der Waals surface area (Å²) < 4.78 is 0.863. The standard InChI is InChI=1S/C15H13BrN2O2/c1-15(2)7-12(19)18(14(15)20)11-5-3-4-9-6-10(16)8-17-13(9)11/h3-6,8H,7H2,1-2H3. The van der Waals surface area contributed by atoms with Crippen molar-refractivity contribution in [2.45, 2.75) is 20.3 Å². The van der Waals surface area contributed by atoms with Gasteiger partial charge in [-0.1, -0.05) is 26.0 Å². The molecule has 0 spiro atoms. The van der Waals surface area contributed by atoms with Crippen molar-refractivity contribution in [1.82, 2.24) is 4.98 Å². The molecule has 0 radical (unpaired) electrons. The summed E-state index contributed by atoms with van der Waals surface area (Å²) in [5.74, 6) is -0.336. The number of carbonyl (C=O) groups excluding carboxylic acids is 2. The van der Waals surface area contributed by atoms with Crippen LogP contribution in [-0.4, -0.2) is 16.8 Å². The van der Waals surface area contributed by atoms with Crippen molar-refractivity contribution >= 4 is 44.3 Å². The van der Waals surface area contributed by atoms with Gasteiger partial charge in [-0.25, -0.2) is 4.90 Å². The maximum Gasteiger partial charge on any atom is 0.240 e. The molecule has 2 amide bonds. The number of anilines is 1. The normalized spacial score (nSPS) is 18.1. The van der Waals surface area contributed by atoms with Crippen LogP contribution in [0.1, 0.15) is 20.3 Å². The minimum absolute atomic E-state index is 0.167. The van der Waals surface area contributed by atoms with Crippen molar-refractivity contribution in [1.29, 1.82) is 0 Å². The minimum Gasteiger partial charge on any atom is -0.274 e. The summed E-state index contributed by atoms with van der Waals surface area (Å²) in [5, 5.41) is 0.891. The van der Waals surface area contributed by atoms with Gasteiger partial charge in [-0.3, -0.25) is 14.6 Å². The highest BCUT2D eigenvalue weighted by molar-refractivity contribution is 9.10. The van der Waals surface area contributed by atoms with Crippen LogP contribution in [0.5, 0.6) is 0 Å². The number of benzene rings is 1. The van der Waals surface area contributed by atoms with Crippen LogP contribution in [0.4, 0.5) is 5.69 Å². The molecule has 0 N–H and O–H groups in total. The fraction of sp³-hybridized carbons (Fsp3) is 0.267. The average Bonchev–Trinajstić information content (AvgIpc) is 2.57. The van der Waals surface area contributed by atoms with E-state index in [9.17, 15) is 9.59 Å². The van der Waals surface area contributed by atoms with Crippen molar-refractivity contribution in [3.8, 4) is 0 Å². The molecule has 2 heterocycles. The number of hydrogen-bond acceptors (Lipinski definition) is 3. The van der Waals surface area contributed by atoms with Crippen molar-refractivity contribution in [3.05, 3.63) is 34.9 Å². The number of aromatic nitrogens is 1. The maximum atomic E-state index is 12.4. The van der Waals surface area contributed by atoms with Crippen molar-refractivity contribution in [3.63, 3.8) is 0 Å². The van der Waals surface area contributed by atoms with Gasteiger partial charge in [0.2, 0.25) is 11.8 Å². The van der Waals surface area contributed by atoms with Crippen LogP contribution in [0.2, 0.25) is 0 Å². The van der Waals surface area contributed by atoms with Crippen LogP contribution in [-0.2, 0) is 9.59 Å². The molecule has 0 aliphatic carbocycles. The lowest BCUT2D eigenvalue weighted by Gasteiger charge is -2.19. The highest BCUT2D eigenvalue weighted by atomic mass is 79.9. The van der Waals surface area contributed by atoms with E-state index in [1.165, 1.54) is 4.90 Å². The van der Waals surface area contributed by atoms with Gasteiger partial charge in [0, 0.05) is 22.5 Å². The number of nitrogens with zero attached hydrogens (tertiary/aromatic N) is 2. The van der Waals surface area contributed by atoms with Gasteiger partial charge in [-0.05, 0) is 28.1 Å². The highest BCUT2D eigenvalue weighted by Gasteiger charge is 2.46. The monoisotopic (exact) mass is 332 g/mol. The largest absolute Gasteiger partial charge is 0.274 e. The second kappa shape index (κ2) is 4.38. The first kappa shape index (κ1) is 13.2. The Morgan fingerprint density at radius 3 is 2.70 bits per heavy atom. The van der Waals surface area contributed by atoms with Gasteiger partial charge in [0.1, 0.15) is 0 Å². The van der Waals surface area contributed by atoms with Crippen molar-refractivity contribution in [2.24, 2.45) is 5.41 Å². The number of fused-ring (bicyclic) bond motifs is 1. The Hall–Kier alpha value is -1.75. The number of rotatable bonds is 1. The molecule has 5 heteroatoms. The topological polar surface area (TPSA) is 50.3 Å². The van der Waals surface area contributed by atoms with E-state index in [1.54, 1.807) is 26.1 Å². The van der Waals surface area contributed by atoms with Crippen LogP contribution in [0.3, 0.4) is 0 Å². The zero-order valence-electron chi connectivity index (χ0n) is 11.2. The summed E-state index contributed by atoms with van der Waals surface area (Å²) >= 11 is 3.37. The Kier molecular flexibility index (Phi) is 2.90. The second-order valence-electron chi connectivity index (χ2n) is 5.60. The van der Waals surface area contributed by atoms with E-state index in [0.717, 1.165) is 9.86 Å². The highest BCUT2D eigenvalue weighted by Crippen LogP contribution is 2.37. The molecule has 1 aromatic carbocycles. The van der Waals surface area contributed by atoms with Crippen molar-refractivity contribution < 1.29 is 9.59 Å². The average molecular weight is 333 g/mol. The molecule has 4 nitrogen and oxygen atoms in total. The van der Waals surface area contributed by atoms with E-state index >= 15 is 0 Å². The first-order chi connectivity index (χ1) is 9.40. The molecule has 102 valence electrons. The van der Waals surface area contributed by atoms with E-state index in [-0.39, 0.29) is 18.2 Å². The summed E-state index contributed by atoms with van der Waals surface area (Å²) in [4.78, 5) is 30.2. The molecule has 20 heavy (non-hydrogen) atoms. The van der Waals surface area contributed by atoms with Crippen LogP contribution >= 0.6 is 15.9 Å². The fourth-order valence-corrected chi connectivity index (χ4v) is 2.84. The molecule has 1 aliphatic heterocycles. The van der Waals surface area contributed by atoms with Gasteiger partial charge >= 0.3 is 0 Å². The zero-order chi connectivity index (χ0) is 14.5. The summed E-state index contributed by atoms with van der Waals surface area (Å²) in [6, 6.07) is 7.42. The summed E-state index contributed by atoms with van der Waals surface area (Å²) in [6.07, 6.45) is 1.90. The lowest BCUT2D eigenvalue weighted by Crippen LogP contribution is -2.33. The quantitative estimate of drug-likeness (QED) is 0.753. The number of para-hydroxylation sites is 1. The molecule has 0 unspecified atom stereocenters. The number of pyridine rings is 1. The third-order valence-electron chi connectivity index (χ3n) is 3.52. The predicted molar refractivity (Wildman–Crippen MR) is 80.3 cm³/mol. The molecule has 0 bridgehead atoms. The summed E-state index contributed by atoms with van der Waals surface area (Å²) in [7, 11) is 0. The van der Waals surface area contributed by atoms with E-state index in [4.69, 9.17) is 0 Å². The predicted octanol–water partition coefficient (Wildman–Crippen LogP) is 3.29. The molecule has 2 aromatic rings. The molecular weight excluding hydrogens is 320 g/mol. The third-order valence-corrected chi connectivity index (χ3v) is 3.96. The zero-order valence-corrected chi connectivity index (χ0v) is 12.8. The smallest absolute Gasteiger partial charge is 0.240 e. The van der Waals surface area contributed by atoms with Gasteiger partial charge < -0.3 is 0 Å². The third kappa shape index (κ3) is 1.93. The van der Waals surface area contributed by atoms with Gasteiger partial charge in [-0.2, -0.15) is 0 Å². The van der Waals surface area contributed by atoms with Gasteiger partial charge in [-0.15, -0.1) is 0 Å². The first-order valence-electron chi connectivity index (χ1n) is 6.32. The Labute approximate surface area is 124 Å².